The zero-order valence-corrected chi connectivity index (χ0v) is 38.7. The number of halogens is 3. The van der Waals surface area contributed by atoms with Gasteiger partial charge in [-0.15, -0.1) is 0 Å². The molecule has 0 saturated heterocycles. The van der Waals surface area contributed by atoms with Crippen LogP contribution < -0.4 is 26.6 Å². The summed E-state index contributed by atoms with van der Waals surface area (Å²) in [4.78, 5) is 72.9. The van der Waals surface area contributed by atoms with Crippen molar-refractivity contribution in [2.45, 2.75) is 132 Å². The van der Waals surface area contributed by atoms with Crippen molar-refractivity contribution in [3.8, 4) is 0 Å². The molecule has 0 aliphatic carbocycles. The minimum absolute atomic E-state index is 0.0109. The summed E-state index contributed by atoms with van der Waals surface area (Å²) in [5, 5.41) is 18.0. The molecule has 0 bridgehead atoms. The number of hydrogen-bond donors (Lipinski definition) is 5. The number of carbonyl (C=O) groups excluding carboxylic acids is 6. The third kappa shape index (κ3) is 17.4. The molecular formula is C41H62BrF2N11O6. The van der Waals surface area contributed by atoms with Gasteiger partial charge in [0, 0.05) is 55.4 Å². The summed E-state index contributed by atoms with van der Waals surface area (Å²) in [6.45, 7) is 32.5. The smallest absolute Gasteiger partial charge is 0.331 e. The molecule has 0 fully saturated rings. The molecule has 20 heteroatoms. The summed E-state index contributed by atoms with van der Waals surface area (Å²) in [6.07, 6.45) is 9.65. The van der Waals surface area contributed by atoms with Crippen molar-refractivity contribution < 1.29 is 37.5 Å². The van der Waals surface area contributed by atoms with E-state index in [4.69, 9.17) is 0 Å². The number of nitrogens with zero attached hydrogens (tertiary/aromatic N) is 6. The molecule has 5 rings (SSSR count). The minimum Gasteiger partial charge on any atom is -0.331 e. The van der Waals surface area contributed by atoms with Crippen molar-refractivity contribution in [1.82, 2.24) is 51.2 Å². The molecule has 17 nitrogen and oxygen atoms in total. The van der Waals surface area contributed by atoms with E-state index in [1.807, 2.05) is 61.5 Å². The predicted octanol–water partition coefficient (Wildman–Crippen LogP) is 7.73. The van der Waals surface area contributed by atoms with Crippen LogP contribution in [0, 0.1) is 0 Å². The molecule has 0 aromatic carbocycles. The molecule has 5 heterocycles. The highest BCUT2D eigenvalue weighted by atomic mass is 79.9. The van der Waals surface area contributed by atoms with Crippen molar-refractivity contribution in [3.63, 3.8) is 0 Å². The quantitative estimate of drug-likeness (QED) is 0.174. The van der Waals surface area contributed by atoms with E-state index in [0.717, 1.165) is 10.7 Å². The SMILES string of the molecule is C=C1C=NN(C(C)C)C(=O)N1.C=C1NC(=O)N(C(C)C)C=C1Br.C=C1NC(=O)N(C(C)C)C=C1F.CC(=O)CC1C=CN(C(C)C)C(=O)N1.CC1NC(=O)N(C(C)C)C=C1F. The molecule has 0 spiro atoms. The fraction of sp³-hybridized carbons (Fsp3) is 0.488. The van der Waals surface area contributed by atoms with Crippen molar-refractivity contribution >= 4 is 58.1 Å². The van der Waals surface area contributed by atoms with Crippen LogP contribution in [0.25, 0.3) is 0 Å². The van der Waals surface area contributed by atoms with Crippen LogP contribution in [0.1, 0.15) is 89.5 Å². The Labute approximate surface area is 366 Å². The maximum absolute atomic E-state index is 13.0. The standard InChI is InChI=1S/C10H16N2O2.C8H11BrN2O.C8H13FN2O.C8H11FN2O.C7H11N3O/c1-7(2)12-5-4-9(6-8(3)13)11-10(12)14;3*1-5(2)11-4-7(9)6(3)10-8(11)12;1-5(2)10-7(11)9-6(3)4-8-10/h4-5,7,9H,6H2,1-3H3,(H,11,14);4-5H,3H2,1-2H3,(H,10,12);4-6H,1-3H3,(H,10,12);4-5H,3H2,1-2H3,(H,10,12);4-5H,3H2,1-2H3,(H,9,11). The summed E-state index contributed by atoms with van der Waals surface area (Å²) in [5.41, 5.74) is 1.17. The first-order valence-electron chi connectivity index (χ1n) is 19.6. The Kier molecular flexibility index (Phi) is 21.3. The van der Waals surface area contributed by atoms with Gasteiger partial charge < -0.3 is 26.6 Å². The van der Waals surface area contributed by atoms with Gasteiger partial charge in [0.15, 0.2) is 5.83 Å². The molecule has 0 radical (unpaired) electrons. The summed E-state index contributed by atoms with van der Waals surface area (Å²) in [5.74, 6) is -0.718. The first kappa shape index (κ1) is 53.2. The van der Waals surface area contributed by atoms with E-state index >= 15 is 0 Å². The predicted molar refractivity (Wildman–Crippen MR) is 237 cm³/mol. The van der Waals surface area contributed by atoms with Crippen molar-refractivity contribution in [2.24, 2.45) is 5.10 Å². The number of urea groups is 5. The third-order valence-electron chi connectivity index (χ3n) is 8.37. The van der Waals surface area contributed by atoms with E-state index in [0.29, 0.717) is 17.8 Å². The lowest BCUT2D eigenvalue weighted by Crippen LogP contribution is -2.48. The highest BCUT2D eigenvalue weighted by Gasteiger charge is 2.26. The second-order valence-electron chi connectivity index (χ2n) is 15.4. The van der Waals surface area contributed by atoms with Crippen LogP contribution in [0.15, 0.2) is 88.9 Å². The molecule has 5 aliphatic rings. The number of nitrogens with one attached hydrogen (secondary N) is 5. The van der Waals surface area contributed by atoms with Gasteiger partial charge in [-0.25, -0.2) is 37.8 Å². The molecule has 2 unspecified atom stereocenters. The summed E-state index contributed by atoms with van der Waals surface area (Å²) in [7, 11) is 0. The van der Waals surface area contributed by atoms with Gasteiger partial charge in [0.1, 0.15) is 11.6 Å². The van der Waals surface area contributed by atoms with Crippen LogP contribution in [0.4, 0.5) is 32.8 Å². The summed E-state index contributed by atoms with van der Waals surface area (Å²) in [6, 6.07) is -1.36. The first-order valence-corrected chi connectivity index (χ1v) is 20.3. The molecule has 0 aromatic heterocycles. The Morgan fingerprint density at radius 2 is 1.16 bits per heavy atom. The highest BCUT2D eigenvalue weighted by molar-refractivity contribution is 9.12. The van der Waals surface area contributed by atoms with Gasteiger partial charge in [0.05, 0.1) is 45.9 Å². The van der Waals surface area contributed by atoms with Crippen molar-refractivity contribution in [1.29, 1.82) is 0 Å². The molecule has 0 aromatic rings. The number of amides is 10. The Morgan fingerprint density at radius 1 is 0.689 bits per heavy atom. The maximum Gasteiger partial charge on any atom is 0.342 e. The van der Waals surface area contributed by atoms with Crippen LogP contribution in [0.2, 0.25) is 0 Å². The molecule has 5 N–H and O–H groups in total. The van der Waals surface area contributed by atoms with Crippen LogP contribution in [0.5, 0.6) is 0 Å². The normalized spacial score (nSPS) is 19.9. The van der Waals surface area contributed by atoms with Gasteiger partial charge in [-0.3, -0.25) is 24.4 Å². The van der Waals surface area contributed by atoms with E-state index in [1.54, 1.807) is 43.0 Å². The summed E-state index contributed by atoms with van der Waals surface area (Å²) >= 11 is 3.30. The van der Waals surface area contributed by atoms with Gasteiger partial charge in [-0.1, -0.05) is 19.7 Å². The second-order valence-corrected chi connectivity index (χ2v) is 16.3. The van der Waals surface area contributed by atoms with Gasteiger partial charge >= 0.3 is 30.2 Å². The second kappa shape index (κ2) is 24.5. The van der Waals surface area contributed by atoms with Crippen LogP contribution in [-0.4, -0.2) is 109 Å². The Morgan fingerprint density at radius 3 is 1.62 bits per heavy atom. The largest absolute Gasteiger partial charge is 0.342 e. The van der Waals surface area contributed by atoms with Gasteiger partial charge in [-0.2, -0.15) is 5.10 Å². The van der Waals surface area contributed by atoms with E-state index in [-0.39, 0.29) is 83.7 Å². The van der Waals surface area contributed by atoms with E-state index < -0.39 is 11.9 Å². The number of hydrazone groups is 1. The fourth-order valence-electron chi connectivity index (χ4n) is 4.97. The first-order chi connectivity index (χ1) is 28.2. The average Bonchev–Trinajstić information content (AvgIpc) is 3.13. The van der Waals surface area contributed by atoms with E-state index in [2.05, 4.69) is 67.4 Å². The topological polar surface area (TPSA) is 191 Å². The van der Waals surface area contributed by atoms with Crippen molar-refractivity contribution in [2.75, 3.05) is 0 Å². The third-order valence-corrected chi connectivity index (χ3v) is 9.06. The van der Waals surface area contributed by atoms with Crippen molar-refractivity contribution in [3.05, 3.63) is 83.8 Å². The Hall–Kier alpha value is -5.79. The van der Waals surface area contributed by atoms with E-state index in [1.165, 1.54) is 34.1 Å². The Balaban J connectivity index is 0.000000382. The average molecular weight is 923 g/mol. The molecular weight excluding hydrogens is 860 g/mol. The zero-order chi connectivity index (χ0) is 47.0. The lowest BCUT2D eigenvalue weighted by molar-refractivity contribution is -0.117. The number of ketones is 1. The number of Topliss-reactive ketones (excluding diaryl/α,β-unsaturated/α-hetero) is 1. The molecule has 2 atom stereocenters. The molecule has 10 amide bonds. The minimum atomic E-state index is -0.497. The van der Waals surface area contributed by atoms with Crippen LogP contribution >= 0.6 is 15.9 Å². The highest BCUT2D eigenvalue weighted by Crippen LogP contribution is 2.20. The lowest BCUT2D eigenvalue weighted by Gasteiger charge is -2.29. The monoisotopic (exact) mass is 921 g/mol. The summed E-state index contributed by atoms with van der Waals surface area (Å²) < 4.78 is 26.6. The Bertz CT molecular complexity index is 1790. The van der Waals surface area contributed by atoms with Gasteiger partial charge in [0.25, 0.3) is 0 Å². The number of rotatable bonds is 7. The van der Waals surface area contributed by atoms with Gasteiger partial charge in [-0.05, 0) is 105 Å². The zero-order valence-electron chi connectivity index (χ0n) is 37.1. The molecule has 338 valence electrons. The number of carbonyl (C=O) groups is 6. The lowest BCUT2D eigenvalue weighted by atomic mass is 10.1. The fourth-order valence-corrected chi connectivity index (χ4v) is 5.29. The number of hydrogen-bond acceptors (Lipinski definition) is 7. The maximum atomic E-state index is 13.0. The van der Waals surface area contributed by atoms with Crippen LogP contribution in [-0.2, 0) is 4.79 Å². The molecule has 5 aliphatic heterocycles. The molecule has 0 saturated carbocycles. The number of allylic oxidation sites excluding steroid dienone is 3. The van der Waals surface area contributed by atoms with Gasteiger partial charge in [0.2, 0.25) is 0 Å². The molecule has 61 heavy (non-hydrogen) atoms. The van der Waals surface area contributed by atoms with E-state index in [9.17, 15) is 37.5 Å². The van der Waals surface area contributed by atoms with Crippen LogP contribution in [0.3, 0.4) is 0 Å².